The van der Waals surface area contributed by atoms with Crippen LogP contribution in [0.5, 0.6) is 0 Å². The second-order valence-corrected chi connectivity index (χ2v) is 5.32. The third-order valence-corrected chi connectivity index (χ3v) is 3.56. The van der Waals surface area contributed by atoms with E-state index < -0.39 is 0 Å². The highest BCUT2D eigenvalue weighted by Crippen LogP contribution is 2.21. The van der Waals surface area contributed by atoms with E-state index in [1.165, 1.54) is 22.3 Å². The Bertz CT molecular complexity index is 558. The van der Waals surface area contributed by atoms with Crippen molar-refractivity contribution in [1.29, 1.82) is 0 Å². The van der Waals surface area contributed by atoms with Gasteiger partial charge in [0.15, 0.2) is 0 Å². The molecule has 1 aromatic heterocycles. The topological polar surface area (TPSA) is 50.9 Å². The summed E-state index contributed by atoms with van der Waals surface area (Å²) in [6.07, 6.45) is 3.65. The number of nitrogens with zero attached hydrogens (tertiary/aromatic N) is 1. The van der Waals surface area contributed by atoms with Crippen molar-refractivity contribution in [2.45, 2.75) is 39.7 Å². The van der Waals surface area contributed by atoms with Crippen LogP contribution >= 0.6 is 0 Å². The summed E-state index contributed by atoms with van der Waals surface area (Å²) in [5.41, 5.74) is 9.08. The maximum Gasteiger partial charge on any atom is 0.0675 e. The van der Waals surface area contributed by atoms with Crippen molar-refractivity contribution in [2.24, 2.45) is 5.84 Å². The minimum absolute atomic E-state index is 0.0485. The second-order valence-electron chi connectivity index (χ2n) is 5.32. The van der Waals surface area contributed by atoms with E-state index in [9.17, 15) is 0 Å². The van der Waals surface area contributed by atoms with Gasteiger partial charge < -0.3 is 0 Å². The highest BCUT2D eigenvalue weighted by Gasteiger charge is 2.15. The number of benzene rings is 1. The van der Waals surface area contributed by atoms with E-state index in [-0.39, 0.29) is 6.04 Å². The molecular formula is C17H23N3. The SMILES string of the molecule is CCc1cccnc1C(Cc1cc(C)cc(C)c1)NN. The first kappa shape index (κ1) is 14.7. The Labute approximate surface area is 121 Å². The van der Waals surface area contributed by atoms with Crippen LogP contribution in [-0.2, 0) is 12.8 Å². The summed E-state index contributed by atoms with van der Waals surface area (Å²) < 4.78 is 0. The quantitative estimate of drug-likeness (QED) is 0.648. The number of nitrogens with one attached hydrogen (secondary N) is 1. The zero-order chi connectivity index (χ0) is 14.5. The summed E-state index contributed by atoms with van der Waals surface area (Å²) in [5, 5.41) is 0. The molecule has 0 spiro atoms. The average molecular weight is 269 g/mol. The molecule has 0 bridgehead atoms. The molecule has 0 aliphatic heterocycles. The molecule has 2 aromatic rings. The number of hydrogen-bond donors (Lipinski definition) is 2. The molecule has 20 heavy (non-hydrogen) atoms. The lowest BCUT2D eigenvalue weighted by molar-refractivity contribution is 0.533. The predicted molar refractivity (Wildman–Crippen MR) is 83.3 cm³/mol. The smallest absolute Gasteiger partial charge is 0.0675 e. The lowest BCUT2D eigenvalue weighted by Gasteiger charge is -2.19. The zero-order valence-electron chi connectivity index (χ0n) is 12.5. The van der Waals surface area contributed by atoms with Crippen molar-refractivity contribution in [2.75, 3.05) is 0 Å². The van der Waals surface area contributed by atoms with Gasteiger partial charge in [0, 0.05) is 6.20 Å². The Morgan fingerprint density at radius 3 is 2.50 bits per heavy atom. The Morgan fingerprint density at radius 1 is 1.20 bits per heavy atom. The van der Waals surface area contributed by atoms with Gasteiger partial charge in [-0.15, -0.1) is 0 Å². The van der Waals surface area contributed by atoms with E-state index in [0.29, 0.717) is 0 Å². The summed E-state index contributed by atoms with van der Waals surface area (Å²) in [5.74, 6) is 5.76. The third kappa shape index (κ3) is 3.44. The molecular weight excluding hydrogens is 246 g/mol. The molecule has 3 heteroatoms. The fourth-order valence-electron chi connectivity index (χ4n) is 2.72. The first-order valence-electron chi connectivity index (χ1n) is 7.11. The number of nitrogens with two attached hydrogens (primary N) is 1. The van der Waals surface area contributed by atoms with Crippen LogP contribution in [0.25, 0.3) is 0 Å². The highest BCUT2D eigenvalue weighted by molar-refractivity contribution is 5.31. The second kappa shape index (κ2) is 6.64. The van der Waals surface area contributed by atoms with Crippen LogP contribution in [0.15, 0.2) is 36.5 Å². The van der Waals surface area contributed by atoms with E-state index in [1.807, 2.05) is 12.3 Å². The van der Waals surface area contributed by atoms with Gasteiger partial charge in [-0.25, -0.2) is 0 Å². The Hall–Kier alpha value is -1.71. The molecule has 3 N–H and O–H groups in total. The average Bonchev–Trinajstić information content (AvgIpc) is 2.43. The van der Waals surface area contributed by atoms with Gasteiger partial charge in [0.2, 0.25) is 0 Å². The van der Waals surface area contributed by atoms with Crippen molar-refractivity contribution < 1.29 is 0 Å². The Kier molecular flexibility index (Phi) is 4.88. The Balaban J connectivity index is 2.28. The molecule has 1 unspecified atom stereocenters. The molecule has 1 heterocycles. The number of aromatic nitrogens is 1. The number of aryl methyl sites for hydroxylation is 3. The standard InChI is InChI=1S/C17H23N3/c1-4-15-6-5-7-19-17(15)16(20-18)11-14-9-12(2)8-13(3)10-14/h5-10,16,20H,4,11,18H2,1-3H3. The van der Waals surface area contributed by atoms with Crippen LogP contribution < -0.4 is 11.3 Å². The van der Waals surface area contributed by atoms with Gasteiger partial charge >= 0.3 is 0 Å². The fraction of sp³-hybridized carbons (Fsp3) is 0.353. The maximum atomic E-state index is 5.76. The molecule has 0 radical (unpaired) electrons. The molecule has 0 fully saturated rings. The Morgan fingerprint density at radius 2 is 1.90 bits per heavy atom. The molecule has 0 amide bonds. The normalized spacial score (nSPS) is 12.4. The van der Waals surface area contributed by atoms with E-state index in [4.69, 9.17) is 5.84 Å². The third-order valence-electron chi connectivity index (χ3n) is 3.56. The van der Waals surface area contributed by atoms with Gasteiger partial charge in [-0.05, 0) is 43.9 Å². The molecule has 0 saturated heterocycles. The van der Waals surface area contributed by atoms with Crippen molar-refractivity contribution in [1.82, 2.24) is 10.4 Å². The lowest BCUT2D eigenvalue weighted by atomic mass is 9.97. The monoisotopic (exact) mass is 269 g/mol. The van der Waals surface area contributed by atoms with E-state index in [0.717, 1.165) is 18.5 Å². The number of rotatable bonds is 5. The van der Waals surface area contributed by atoms with Gasteiger partial charge in [-0.1, -0.05) is 42.3 Å². The van der Waals surface area contributed by atoms with Crippen LogP contribution in [0, 0.1) is 13.8 Å². The van der Waals surface area contributed by atoms with E-state index >= 15 is 0 Å². The number of hydrogen-bond acceptors (Lipinski definition) is 3. The van der Waals surface area contributed by atoms with Crippen LogP contribution in [0.3, 0.4) is 0 Å². The highest BCUT2D eigenvalue weighted by atomic mass is 15.2. The first-order valence-corrected chi connectivity index (χ1v) is 7.11. The summed E-state index contributed by atoms with van der Waals surface area (Å²) >= 11 is 0. The molecule has 0 saturated carbocycles. The molecule has 106 valence electrons. The van der Waals surface area contributed by atoms with E-state index in [2.05, 4.69) is 55.4 Å². The van der Waals surface area contributed by atoms with Crippen molar-refractivity contribution >= 4 is 0 Å². The number of hydrazine groups is 1. The lowest BCUT2D eigenvalue weighted by Crippen LogP contribution is -2.31. The van der Waals surface area contributed by atoms with Gasteiger partial charge in [-0.2, -0.15) is 0 Å². The van der Waals surface area contributed by atoms with Gasteiger partial charge in [0.25, 0.3) is 0 Å². The van der Waals surface area contributed by atoms with Crippen molar-refractivity contribution in [3.8, 4) is 0 Å². The van der Waals surface area contributed by atoms with Crippen LogP contribution in [0.1, 0.15) is 40.9 Å². The molecule has 1 aromatic carbocycles. The van der Waals surface area contributed by atoms with Gasteiger partial charge in [0.1, 0.15) is 0 Å². The summed E-state index contributed by atoms with van der Waals surface area (Å²) in [7, 11) is 0. The summed E-state index contributed by atoms with van der Waals surface area (Å²) in [4.78, 5) is 4.52. The largest absolute Gasteiger partial charge is 0.271 e. The molecule has 0 aliphatic rings. The summed E-state index contributed by atoms with van der Waals surface area (Å²) in [6.45, 7) is 6.39. The van der Waals surface area contributed by atoms with Crippen LogP contribution in [0.4, 0.5) is 0 Å². The minimum atomic E-state index is 0.0485. The first-order chi connectivity index (χ1) is 9.63. The predicted octanol–water partition coefficient (Wildman–Crippen LogP) is 3.01. The van der Waals surface area contributed by atoms with Crippen LogP contribution in [0.2, 0.25) is 0 Å². The van der Waals surface area contributed by atoms with Gasteiger partial charge in [0.05, 0.1) is 11.7 Å². The van der Waals surface area contributed by atoms with Crippen molar-refractivity contribution in [3.05, 3.63) is 64.5 Å². The van der Waals surface area contributed by atoms with E-state index in [1.54, 1.807) is 0 Å². The maximum absolute atomic E-state index is 5.76. The number of pyridine rings is 1. The molecule has 0 aliphatic carbocycles. The zero-order valence-corrected chi connectivity index (χ0v) is 12.5. The molecule has 2 rings (SSSR count). The minimum Gasteiger partial charge on any atom is -0.271 e. The fourth-order valence-corrected chi connectivity index (χ4v) is 2.72. The van der Waals surface area contributed by atoms with Crippen LogP contribution in [-0.4, -0.2) is 4.98 Å². The molecule has 3 nitrogen and oxygen atoms in total. The van der Waals surface area contributed by atoms with Crippen molar-refractivity contribution in [3.63, 3.8) is 0 Å². The molecule has 1 atom stereocenters. The van der Waals surface area contributed by atoms with Gasteiger partial charge in [-0.3, -0.25) is 16.3 Å². The summed E-state index contributed by atoms with van der Waals surface area (Å²) in [6, 6.07) is 10.8.